The monoisotopic (exact) mass is 318 g/mol. The van der Waals surface area contributed by atoms with Gasteiger partial charge in [0.15, 0.2) is 5.96 Å². The molecule has 120 valence electrons. The summed E-state index contributed by atoms with van der Waals surface area (Å²) in [6.07, 6.45) is 2.03. The van der Waals surface area contributed by atoms with Gasteiger partial charge in [-0.2, -0.15) is 0 Å². The second-order valence-corrected chi connectivity index (χ2v) is 6.26. The van der Waals surface area contributed by atoms with E-state index in [2.05, 4.69) is 28.1 Å². The zero-order chi connectivity index (χ0) is 16.9. The van der Waals surface area contributed by atoms with Crippen molar-refractivity contribution in [2.24, 2.45) is 0 Å². The van der Waals surface area contributed by atoms with E-state index < -0.39 is 5.54 Å². The third kappa shape index (κ3) is 1.94. The van der Waals surface area contributed by atoms with Gasteiger partial charge in [0.1, 0.15) is 5.54 Å². The molecule has 1 atom stereocenters. The molecule has 2 aromatic carbocycles. The van der Waals surface area contributed by atoms with Gasteiger partial charge in [-0.3, -0.25) is 15.1 Å². The highest BCUT2D eigenvalue weighted by Crippen LogP contribution is 2.30. The number of nitrogens with zero attached hydrogens (tertiary/aromatic N) is 2. The van der Waals surface area contributed by atoms with E-state index in [1.807, 2.05) is 49.5 Å². The van der Waals surface area contributed by atoms with Crippen molar-refractivity contribution in [3.8, 4) is 5.69 Å². The van der Waals surface area contributed by atoms with E-state index in [9.17, 15) is 4.79 Å². The van der Waals surface area contributed by atoms with Gasteiger partial charge in [-0.25, -0.2) is 0 Å². The van der Waals surface area contributed by atoms with Crippen molar-refractivity contribution in [1.29, 1.82) is 5.41 Å². The zero-order valence-corrected chi connectivity index (χ0v) is 13.6. The standard InChI is InChI=1S/C19H18N4O/c1-19(17(24)22(2)18(20)21-19)14-7-5-8-15(12-14)23-11-10-13-6-3-4-9-16(13)23/h3-12H,1-2H3,(H2,20,21). The van der Waals surface area contributed by atoms with Crippen LogP contribution < -0.4 is 5.32 Å². The van der Waals surface area contributed by atoms with Crippen LogP contribution in [0.4, 0.5) is 0 Å². The van der Waals surface area contributed by atoms with Gasteiger partial charge in [-0.1, -0.05) is 30.3 Å². The molecule has 24 heavy (non-hydrogen) atoms. The molecule has 1 aliphatic heterocycles. The van der Waals surface area contributed by atoms with Gasteiger partial charge in [0, 0.05) is 18.9 Å². The number of hydrogen-bond acceptors (Lipinski definition) is 2. The van der Waals surface area contributed by atoms with Crippen LogP contribution in [0.5, 0.6) is 0 Å². The third-order valence-electron chi connectivity index (χ3n) is 4.74. The molecule has 1 fully saturated rings. The predicted molar refractivity (Wildman–Crippen MR) is 94.3 cm³/mol. The number of carbonyl (C=O) groups is 1. The van der Waals surface area contributed by atoms with Crippen LogP contribution in [0.2, 0.25) is 0 Å². The number of carbonyl (C=O) groups excluding carboxylic acids is 1. The number of guanidine groups is 1. The van der Waals surface area contributed by atoms with Crippen LogP contribution in [0.25, 0.3) is 16.6 Å². The minimum atomic E-state index is -0.912. The first-order valence-electron chi connectivity index (χ1n) is 7.82. The summed E-state index contributed by atoms with van der Waals surface area (Å²) in [5, 5.41) is 12.1. The van der Waals surface area contributed by atoms with Gasteiger partial charge in [0.25, 0.3) is 5.91 Å². The molecule has 1 amide bonds. The predicted octanol–water partition coefficient (Wildman–Crippen LogP) is 2.84. The SMILES string of the molecule is CN1C(=N)NC(C)(c2cccc(-n3ccc4ccccc43)c2)C1=O. The highest BCUT2D eigenvalue weighted by atomic mass is 16.2. The van der Waals surface area contributed by atoms with E-state index in [-0.39, 0.29) is 11.9 Å². The first kappa shape index (κ1) is 14.5. The van der Waals surface area contributed by atoms with Crippen molar-refractivity contribution in [2.45, 2.75) is 12.5 Å². The number of benzene rings is 2. The Bertz CT molecular complexity index is 974. The lowest BCUT2D eigenvalue weighted by molar-refractivity contribution is -0.129. The Morgan fingerprint density at radius 3 is 2.62 bits per heavy atom. The molecule has 1 saturated heterocycles. The van der Waals surface area contributed by atoms with Crippen LogP contribution in [0, 0.1) is 5.41 Å². The summed E-state index contributed by atoms with van der Waals surface area (Å²) >= 11 is 0. The van der Waals surface area contributed by atoms with Crippen LogP contribution in [0.3, 0.4) is 0 Å². The van der Waals surface area contributed by atoms with Crippen molar-refractivity contribution in [2.75, 3.05) is 7.05 Å². The van der Waals surface area contributed by atoms with Gasteiger partial charge in [-0.15, -0.1) is 0 Å². The van der Waals surface area contributed by atoms with E-state index in [1.54, 1.807) is 7.05 Å². The molecule has 0 aliphatic carbocycles. The minimum absolute atomic E-state index is 0.123. The molecule has 4 rings (SSSR count). The van der Waals surface area contributed by atoms with E-state index in [0.717, 1.165) is 16.8 Å². The summed E-state index contributed by atoms with van der Waals surface area (Å²) in [5.74, 6) is 0.00123. The Morgan fingerprint density at radius 2 is 1.88 bits per heavy atom. The van der Waals surface area contributed by atoms with E-state index in [1.165, 1.54) is 10.3 Å². The van der Waals surface area contributed by atoms with Gasteiger partial charge in [0.05, 0.1) is 5.52 Å². The number of likely N-dealkylation sites (N-methyl/N-ethyl adjacent to an activating group) is 1. The largest absolute Gasteiger partial charge is 0.338 e. The van der Waals surface area contributed by atoms with Crippen molar-refractivity contribution < 1.29 is 4.79 Å². The molecular formula is C19H18N4O. The van der Waals surface area contributed by atoms with Crippen LogP contribution in [0.1, 0.15) is 12.5 Å². The number of aromatic nitrogens is 1. The first-order chi connectivity index (χ1) is 11.5. The molecule has 0 bridgehead atoms. The number of hydrogen-bond donors (Lipinski definition) is 2. The fraction of sp³-hybridized carbons (Fsp3) is 0.158. The summed E-state index contributed by atoms with van der Waals surface area (Å²) < 4.78 is 2.11. The minimum Gasteiger partial charge on any atom is -0.338 e. The van der Waals surface area contributed by atoms with Crippen molar-refractivity contribution in [1.82, 2.24) is 14.8 Å². The summed E-state index contributed by atoms with van der Waals surface area (Å²) in [6.45, 7) is 1.82. The lowest BCUT2D eigenvalue weighted by Gasteiger charge is -2.23. The first-order valence-corrected chi connectivity index (χ1v) is 7.82. The number of para-hydroxylation sites is 1. The fourth-order valence-electron chi connectivity index (χ4n) is 3.28. The maximum Gasteiger partial charge on any atom is 0.259 e. The summed E-state index contributed by atoms with van der Waals surface area (Å²) in [7, 11) is 1.62. The smallest absolute Gasteiger partial charge is 0.259 e. The zero-order valence-electron chi connectivity index (χ0n) is 13.6. The fourth-order valence-corrected chi connectivity index (χ4v) is 3.28. The van der Waals surface area contributed by atoms with E-state index in [4.69, 9.17) is 5.41 Å². The van der Waals surface area contributed by atoms with Gasteiger partial charge in [0.2, 0.25) is 0 Å². The molecule has 1 aromatic heterocycles. The molecule has 0 saturated carbocycles. The van der Waals surface area contributed by atoms with Crippen LogP contribution in [-0.4, -0.2) is 28.4 Å². The molecule has 0 radical (unpaired) electrons. The van der Waals surface area contributed by atoms with Crippen molar-refractivity contribution in [3.05, 3.63) is 66.4 Å². The molecule has 3 aromatic rings. The van der Waals surface area contributed by atoms with Crippen LogP contribution >= 0.6 is 0 Å². The molecular weight excluding hydrogens is 300 g/mol. The molecule has 5 heteroatoms. The Hall–Kier alpha value is -3.08. The van der Waals surface area contributed by atoms with Gasteiger partial charge >= 0.3 is 0 Å². The second-order valence-electron chi connectivity index (χ2n) is 6.26. The number of fused-ring (bicyclic) bond motifs is 1. The normalized spacial score (nSPS) is 20.7. The number of nitrogens with one attached hydrogen (secondary N) is 2. The Labute approximate surface area is 140 Å². The number of rotatable bonds is 2. The average Bonchev–Trinajstić information content (AvgIpc) is 3.11. The topological polar surface area (TPSA) is 61.1 Å². The Kier molecular flexibility index (Phi) is 3.00. The lowest BCUT2D eigenvalue weighted by Crippen LogP contribution is -2.40. The van der Waals surface area contributed by atoms with Crippen molar-refractivity contribution >= 4 is 22.8 Å². The van der Waals surface area contributed by atoms with Crippen LogP contribution in [-0.2, 0) is 10.3 Å². The summed E-state index contributed by atoms with van der Waals surface area (Å²) in [5.41, 5.74) is 2.04. The molecule has 1 unspecified atom stereocenters. The summed E-state index contributed by atoms with van der Waals surface area (Å²) in [6, 6.07) is 18.2. The third-order valence-corrected chi connectivity index (χ3v) is 4.74. The van der Waals surface area contributed by atoms with E-state index in [0.29, 0.717) is 0 Å². The Morgan fingerprint density at radius 1 is 1.08 bits per heavy atom. The van der Waals surface area contributed by atoms with Crippen LogP contribution in [0.15, 0.2) is 60.8 Å². The second kappa shape index (κ2) is 4.96. The maximum atomic E-state index is 12.6. The average molecular weight is 318 g/mol. The van der Waals surface area contributed by atoms with E-state index >= 15 is 0 Å². The highest BCUT2D eigenvalue weighted by molar-refractivity contribution is 6.07. The molecule has 0 spiro atoms. The van der Waals surface area contributed by atoms with Gasteiger partial charge in [-0.05, 0) is 42.1 Å². The Balaban J connectivity index is 1.83. The molecule has 2 heterocycles. The quantitative estimate of drug-likeness (QED) is 0.763. The lowest BCUT2D eigenvalue weighted by atomic mass is 9.91. The number of amides is 1. The molecule has 1 aliphatic rings. The molecule has 2 N–H and O–H groups in total. The molecule has 5 nitrogen and oxygen atoms in total. The maximum absolute atomic E-state index is 12.6. The van der Waals surface area contributed by atoms with Gasteiger partial charge < -0.3 is 9.88 Å². The van der Waals surface area contributed by atoms with Crippen molar-refractivity contribution in [3.63, 3.8) is 0 Å². The highest BCUT2D eigenvalue weighted by Gasteiger charge is 2.45. The summed E-state index contributed by atoms with van der Waals surface area (Å²) in [4.78, 5) is 13.9.